The van der Waals surface area contributed by atoms with Gasteiger partial charge in [0.2, 0.25) is 0 Å². The molecule has 1 saturated carbocycles. The lowest BCUT2D eigenvalue weighted by Crippen LogP contribution is -2.41. The Hall–Kier alpha value is -0.780. The van der Waals surface area contributed by atoms with Crippen molar-refractivity contribution < 1.29 is 0 Å². The quantitative estimate of drug-likeness (QED) is 0.635. The fourth-order valence-electron chi connectivity index (χ4n) is 4.92. The summed E-state index contributed by atoms with van der Waals surface area (Å²) in [5.41, 5.74) is 3.90. The third-order valence-corrected chi connectivity index (χ3v) is 6.23. The van der Waals surface area contributed by atoms with Gasteiger partial charge in [-0.2, -0.15) is 0 Å². The van der Waals surface area contributed by atoms with E-state index in [1.54, 1.807) is 11.1 Å². The monoisotopic (exact) mass is 270 g/mol. The maximum absolute atomic E-state index is 2.61. The predicted octanol–water partition coefficient (Wildman–Crippen LogP) is 5.96. The molecule has 0 amide bonds. The van der Waals surface area contributed by atoms with Gasteiger partial charge in [0.15, 0.2) is 0 Å². The molecule has 1 aromatic carbocycles. The molecule has 3 atom stereocenters. The maximum Gasteiger partial charge on any atom is -0.0102 e. The van der Waals surface area contributed by atoms with Crippen molar-refractivity contribution in [1.82, 2.24) is 0 Å². The van der Waals surface area contributed by atoms with Crippen LogP contribution in [-0.2, 0) is 6.42 Å². The summed E-state index contributed by atoms with van der Waals surface area (Å²) in [4.78, 5) is 0. The van der Waals surface area contributed by atoms with Crippen molar-refractivity contribution in [1.29, 1.82) is 0 Å². The highest BCUT2D eigenvalue weighted by atomic mass is 14.5. The second-order valence-corrected chi connectivity index (χ2v) is 7.86. The molecule has 0 aliphatic heterocycles. The largest absolute Gasteiger partial charge is 0.0628 e. The van der Waals surface area contributed by atoms with E-state index in [1.807, 2.05) is 0 Å². The van der Waals surface area contributed by atoms with Gasteiger partial charge >= 0.3 is 0 Å². The summed E-state index contributed by atoms with van der Waals surface area (Å²) in [6, 6.07) is 9.26. The summed E-state index contributed by atoms with van der Waals surface area (Å²) in [5.74, 6) is 2.64. The molecule has 2 aliphatic carbocycles. The van der Waals surface area contributed by atoms with Gasteiger partial charge in [0.25, 0.3) is 0 Å². The number of rotatable bonds is 3. The van der Waals surface area contributed by atoms with Crippen LogP contribution < -0.4 is 0 Å². The molecule has 0 radical (unpaired) electrons. The molecule has 2 aliphatic rings. The second kappa shape index (κ2) is 5.54. The number of fused-ring (bicyclic) bond motifs is 3. The minimum absolute atomic E-state index is 0.571. The minimum atomic E-state index is 0.571. The van der Waals surface area contributed by atoms with E-state index in [0.29, 0.717) is 5.41 Å². The van der Waals surface area contributed by atoms with E-state index in [-0.39, 0.29) is 0 Å². The topological polar surface area (TPSA) is 0 Å². The molecule has 1 fully saturated rings. The van der Waals surface area contributed by atoms with Crippen molar-refractivity contribution in [2.45, 2.75) is 71.6 Å². The molecule has 0 N–H and O–H groups in total. The zero-order chi connectivity index (χ0) is 14.2. The van der Waals surface area contributed by atoms with Gasteiger partial charge in [-0.15, -0.1) is 0 Å². The first-order valence-electron chi connectivity index (χ1n) is 8.69. The zero-order valence-corrected chi connectivity index (χ0v) is 13.5. The summed E-state index contributed by atoms with van der Waals surface area (Å²) in [7, 11) is 0. The molecule has 0 nitrogen and oxygen atoms in total. The van der Waals surface area contributed by atoms with Gasteiger partial charge in [0.05, 0.1) is 0 Å². The van der Waals surface area contributed by atoms with Crippen LogP contribution in [0.25, 0.3) is 0 Å². The third-order valence-electron chi connectivity index (χ3n) is 6.23. The van der Waals surface area contributed by atoms with Gasteiger partial charge in [-0.3, -0.25) is 0 Å². The molecule has 110 valence electrons. The zero-order valence-electron chi connectivity index (χ0n) is 13.5. The molecule has 0 saturated heterocycles. The van der Waals surface area contributed by atoms with Crippen LogP contribution in [-0.4, -0.2) is 0 Å². The molecule has 0 heterocycles. The first-order chi connectivity index (χ1) is 9.61. The van der Waals surface area contributed by atoms with E-state index in [9.17, 15) is 0 Å². The van der Waals surface area contributed by atoms with Crippen molar-refractivity contribution in [2.24, 2.45) is 17.3 Å². The summed E-state index contributed by atoms with van der Waals surface area (Å²) in [6.07, 6.45) is 9.92. The molecule has 1 aromatic rings. The number of aryl methyl sites for hydroxylation is 1. The minimum Gasteiger partial charge on any atom is -0.0628 e. The third kappa shape index (κ3) is 2.43. The molecular formula is C20H30. The molecule has 0 spiro atoms. The fourth-order valence-corrected chi connectivity index (χ4v) is 4.92. The average Bonchev–Trinajstić information content (AvgIpc) is 2.44. The molecule has 3 unspecified atom stereocenters. The van der Waals surface area contributed by atoms with Gasteiger partial charge in [-0.05, 0) is 66.4 Å². The Balaban J connectivity index is 1.86. The van der Waals surface area contributed by atoms with E-state index in [1.165, 1.54) is 44.9 Å². The normalized spacial score (nSPS) is 32.8. The van der Waals surface area contributed by atoms with Crippen LogP contribution in [0.15, 0.2) is 24.3 Å². The van der Waals surface area contributed by atoms with E-state index in [0.717, 1.165) is 17.8 Å². The van der Waals surface area contributed by atoms with Crippen LogP contribution in [0.1, 0.15) is 76.3 Å². The molecule has 0 bridgehead atoms. The highest BCUT2D eigenvalue weighted by Gasteiger charge is 2.46. The van der Waals surface area contributed by atoms with Crippen LogP contribution in [0, 0.1) is 17.3 Å². The highest BCUT2D eigenvalue weighted by Crippen LogP contribution is 2.57. The van der Waals surface area contributed by atoms with E-state index < -0.39 is 0 Å². The molecule has 0 heteroatoms. The Morgan fingerprint density at radius 3 is 2.80 bits per heavy atom. The lowest BCUT2D eigenvalue weighted by atomic mass is 9.53. The molecule has 0 aromatic heterocycles. The Kier molecular flexibility index (Phi) is 3.93. The Bertz CT molecular complexity index is 459. The van der Waals surface area contributed by atoms with Crippen molar-refractivity contribution >= 4 is 0 Å². The van der Waals surface area contributed by atoms with Gasteiger partial charge in [0, 0.05) is 0 Å². The maximum atomic E-state index is 2.61. The van der Waals surface area contributed by atoms with E-state index in [4.69, 9.17) is 0 Å². The average molecular weight is 270 g/mol. The SMILES string of the molecule is CC(C)CCC1CCCC2c3ccccc3CCC12C. The number of benzene rings is 1. The Labute approximate surface area is 125 Å². The fraction of sp³-hybridized carbons (Fsp3) is 0.700. The number of hydrogen-bond donors (Lipinski definition) is 0. The van der Waals surface area contributed by atoms with Crippen LogP contribution in [0.4, 0.5) is 0 Å². The summed E-state index contributed by atoms with van der Waals surface area (Å²) >= 11 is 0. The van der Waals surface area contributed by atoms with E-state index in [2.05, 4.69) is 45.0 Å². The molecule has 3 rings (SSSR count). The van der Waals surface area contributed by atoms with Gasteiger partial charge in [0.1, 0.15) is 0 Å². The second-order valence-electron chi connectivity index (χ2n) is 7.86. The summed E-state index contributed by atoms with van der Waals surface area (Å²) < 4.78 is 0. The smallest absolute Gasteiger partial charge is 0.0102 e. The summed E-state index contributed by atoms with van der Waals surface area (Å²) in [6.45, 7) is 7.36. The van der Waals surface area contributed by atoms with Crippen molar-refractivity contribution in [3.8, 4) is 0 Å². The lowest BCUT2D eigenvalue weighted by Gasteiger charge is -2.51. The van der Waals surface area contributed by atoms with Crippen LogP contribution >= 0.6 is 0 Å². The van der Waals surface area contributed by atoms with E-state index >= 15 is 0 Å². The van der Waals surface area contributed by atoms with Gasteiger partial charge in [-0.1, -0.05) is 57.9 Å². The lowest BCUT2D eigenvalue weighted by molar-refractivity contribution is 0.0558. The van der Waals surface area contributed by atoms with Crippen LogP contribution in [0.5, 0.6) is 0 Å². The highest BCUT2D eigenvalue weighted by molar-refractivity contribution is 5.35. The Morgan fingerprint density at radius 1 is 1.20 bits per heavy atom. The first kappa shape index (κ1) is 14.2. The Morgan fingerprint density at radius 2 is 2.00 bits per heavy atom. The van der Waals surface area contributed by atoms with Crippen LogP contribution in [0.3, 0.4) is 0 Å². The van der Waals surface area contributed by atoms with Gasteiger partial charge < -0.3 is 0 Å². The van der Waals surface area contributed by atoms with Crippen molar-refractivity contribution in [3.05, 3.63) is 35.4 Å². The van der Waals surface area contributed by atoms with Gasteiger partial charge in [-0.25, -0.2) is 0 Å². The molecule has 20 heavy (non-hydrogen) atoms. The summed E-state index contributed by atoms with van der Waals surface area (Å²) in [5, 5.41) is 0. The molecular weight excluding hydrogens is 240 g/mol. The number of hydrogen-bond acceptors (Lipinski definition) is 0. The van der Waals surface area contributed by atoms with Crippen LogP contribution in [0.2, 0.25) is 0 Å². The standard InChI is InChI=1S/C20H30/c1-15(2)11-12-17-8-6-10-19-18-9-5-4-7-16(18)13-14-20(17,19)3/h4-5,7,9,15,17,19H,6,8,10-14H2,1-3H3. The first-order valence-corrected chi connectivity index (χ1v) is 8.69. The predicted molar refractivity (Wildman–Crippen MR) is 87.0 cm³/mol. The van der Waals surface area contributed by atoms with Crippen molar-refractivity contribution in [3.63, 3.8) is 0 Å². The van der Waals surface area contributed by atoms with Crippen molar-refractivity contribution in [2.75, 3.05) is 0 Å².